The maximum absolute atomic E-state index is 5.19. The second-order valence-corrected chi connectivity index (χ2v) is 5.11. The predicted molar refractivity (Wildman–Crippen MR) is 72.1 cm³/mol. The molecule has 2 heterocycles. The van der Waals surface area contributed by atoms with Crippen LogP contribution in [0.1, 0.15) is 18.5 Å². The molecule has 1 aromatic rings. The molecule has 0 radical (unpaired) electrons. The Bertz CT molecular complexity index is 386. The molecule has 17 heavy (non-hydrogen) atoms. The third kappa shape index (κ3) is 3.09. The quantitative estimate of drug-likeness (QED) is 0.804. The summed E-state index contributed by atoms with van der Waals surface area (Å²) in [6, 6.07) is 1.86. The van der Waals surface area contributed by atoms with Gasteiger partial charge in [0.2, 0.25) is 11.8 Å². The van der Waals surface area contributed by atoms with E-state index in [1.807, 2.05) is 13.0 Å². The van der Waals surface area contributed by atoms with E-state index in [0.717, 1.165) is 30.1 Å². The van der Waals surface area contributed by atoms with E-state index in [1.165, 1.54) is 12.8 Å². The van der Waals surface area contributed by atoms with Crippen molar-refractivity contribution in [2.45, 2.75) is 19.8 Å². The molecule has 0 N–H and O–H groups in total. The van der Waals surface area contributed by atoms with Crippen LogP contribution in [-0.2, 0) is 0 Å². The van der Waals surface area contributed by atoms with Crippen molar-refractivity contribution < 1.29 is 4.74 Å². The number of aromatic nitrogens is 2. The van der Waals surface area contributed by atoms with E-state index in [2.05, 4.69) is 30.8 Å². The number of anilines is 1. The summed E-state index contributed by atoms with van der Waals surface area (Å²) in [5.74, 6) is 2.14. The van der Waals surface area contributed by atoms with E-state index >= 15 is 0 Å². The first-order valence-electron chi connectivity index (χ1n) is 5.93. The van der Waals surface area contributed by atoms with Crippen molar-refractivity contribution in [3.63, 3.8) is 0 Å². The summed E-state index contributed by atoms with van der Waals surface area (Å²) in [5, 5.41) is 1.05. The number of hydrogen-bond acceptors (Lipinski definition) is 4. The van der Waals surface area contributed by atoms with Crippen molar-refractivity contribution in [3.05, 3.63) is 11.8 Å². The number of halogens is 1. The highest BCUT2D eigenvalue weighted by Crippen LogP contribution is 2.23. The second kappa shape index (κ2) is 5.67. The van der Waals surface area contributed by atoms with Gasteiger partial charge in [-0.1, -0.05) is 15.9 Å². The molecule has 1 aliphatic rings. The molecule has 1 saturated heterocycles. The first-order chi connectivity index (χ1) is 8.22. The highest BCUT2D eigenvalue weighted by Gasteiger charge is 2.21. The fourth-order valence-corrected chi connectivity index (χ4v) is 2.67. The molecule has 0 amide bonds. The van der Waals surface area contributed by atoms with Crippen LogP contribution in [0.25, 0.3) is 0 Å². The fourth-order valence-electron chi connectivity index (χ4n) is 2.14. The summed E-state index contributed by atoms with van der Waals surface area (Å²) in [5.41, 5.74) is 0.952. The van der Waals surface area contributed by atoms with Gasteiger partial charge in [-0.2, -0.15) is 4.98 Å². The molecule has 0 spiro atoms. The van der Waals surface area contributed by atoms with E-state index in [1.54, 1.807) is 7.11 Å². The normalized spacial score (nSPS) is 20.4. The Morgan fingerprint density at radius 3 is 3.06 bits per heavy atom. The molecular formula is C12H18BrN3O. The van der Waals surface area contributed by atoms with Crippen LogP contribution < -0.4 is 9.64 Å². The zero-order chi connectivity index (χ0) is 12.3. The van der Waals surface area contributed by atoms with E-state index in [-0.39, 0.29) is 0 Å². The second-order valence-electron chi connectivity index (χ2n) is 4.46. The Balaban J connectivity index is 2.18. The van der Waals surface area contributed by atoms with Gasteiger partial charge in [-0.15, -0.1) is 0 Å². The van der Waals surface area contributed by atoms with E-state index < -0.39 is 0 Å². The number of methoxy groups -OCH3 is 1. The number of hydrogen-bond donors (Lipinski definition) is 0. The van der Waals surface area contributed by atoms with Crippen molar-refractivity contribution in [3.8, 4) is 5.88 Å². The third-order valence-corrected chi connectivity index (χ3v) is 3.96. The van der Waals surface area contributed by atoms with E-state index in [4.69, 9.17) is 4.74 Å². The molecule has 1 fully saturated rings. The average Bonchev–Trinajstić information content (AvgIpc) is 2.38. The number of aryl methyl sites for hydroxylation is 1. The third-order valence-electron chi connectivity index (χ3n) is 3.05. The fraction of sp³-hybridized carbons (Fsp3) is 0.667. The lowest BCUT2D eigenvalue weighted by Crippen LogP contribution is -2.37. The lowest BCUT2D eigenvalue weighted by molar-refractivity contribution is 0.393. The van der Waals surface area contributed by atoms with Crippen molar-refractivity contribution in [2.75, 3.05) is 30.4 Å². The summed E-state index contributed by atoms with van der Waals surface area (Å²) < 4.78 is 5.19. The van der Waals surface area contributed by atoms with Crippen molar-refractivity contribution >= 4 is 21.9 Å². The maximum atomic E-state index is 5.19. The Labute approximate surface area is 111 Å². The summed E-state index contributed by atoms with van der Waals surface area (Å²) in [7, 11) is 1.64. The minimum atomic E-state index is 0.647. The molecule has 1 aliphatic heterocycles. The smallest absolute Gasteiger partial charge is 0.228 e. The molecule has 5 heteroatoms. The van der Waals surface area contributed by atoms with Crippen LogP contribution in [0.15, 0.2) is 6.07 Å². The van der Waals surface area contributed by atoms with Gasteiger partial charge in [-0.25, -0.2) is 4.98 Å². The van der Waals surface area contributed by atoms with Crippen LogP contribution >= 0.6 is 15.9 Å². The number of piperidine rings is 1. The number of nitrogens with zero attached hydrogens (tertiary/aromatic N) is 3. The van der Waals surface area contributed by atoms with Crippen molar-refractivity contribution in [1.29, 1.82) is 0 Å². The topological polar surface area (TPSA) is 38.2 Å². The van der Waals surface area contributed by atoms with Crippen molar-refractivity contribution in [1.82, 2.24) is 9.97 Å². The molecule has 0 bridgehead atoms. The minimum absolute atomic E-state index is 0.647. The maximum Gasteiger partial charge on any atom is 0.228 e. The van der Waals surface area contributed by atoms with E-state index in [9.17, 15) is 0 Å². The van der Waals surface area contributed by atoms with Gasteiger partial charge in [0.15, 0.2) is 0 Å². The zero-order valence-corrected chi connectivity index (χ0v) is 11.9. The predicted octanol–water partition coefficient (Wildman–Crippen LogP) is 2.40. The van der Waals surface area contributed by atoms with Crippen molar-refractivity contribution in [2.24, 2.45) is 5.92 Å². The van der Waals surface area contributed by atoms with Gasteiger partial charge in [-0.05, 0) is 25.7 Å². The van der Waals surface area contributed by atoms with Crippen LogP contribution in [-0.4, -0.2) is 35.5 Å². The number of alkyl halides is 1. The highest BCUT2D eigenvalue weighted by molar-refractivity contribution is 9.09. The molecule has 2 rings (SSSR count). The van der Waals surface area contributed by atoms with Gasteiger partial charge >= 0.3 is 0 Å². The van der Waals surface area contributed by atoms with Crippen LogP contribution in [0.5, 0.6) is 5.88 Å². The summed E-state index contributed by atoms with van der Waals surface area (Å²) >= 11 is 3.56. The monoisotopic (exact) mass is 299 g/mol. The van der Waals surface area contributed by atoms with Crippen LogP contribution in [0.2, 0.25) is 0 Å². The van der Waals surface area contributed by atoms with Crippen LogP contribution in [0.3, 0.4) is 0 Å². The molecule has 1 atom stereocenters. The van der Waals surface area contributed by atoms with Gasteiger partial charge in [0, 0.05) is 30.2 Å². The lowest BCUT2D eigenvalue weighted by atomic mass is 10.0. The largest absolute Gasteiger partial charge is 0.481 e. The number of ether oxygens (including phenoxy) is 1. The molecule has 0 aromatic carbocycles. The Hall–Kier alpha value is -0.840. The summed E-state index contributed by atoms with van der Waals surface area (Å²) in [4.78, 5) is 11.2. The molecule has 0 aliphatic carbocycles. The Kier molecular flexibility index (Phi) is 4.20. The van der Waals surface area contributed by atoms with Gasteiger partial charge in [0.05, 0.1) is 7.11 Å². The molecule has 1 unspecified atom stereocenters. The Morgan fingerprint density at radius 1 is 1.53 bits per heavy atom. The van der Waals surface area contributed by atoms with Gasteiger partial charge < -0.3 is 9.64 Å². The molecule has 4 nitrogen and oxygen atoms in total. The molecule has 1 aromatic heterocycles. The van der Waals surface area contributed by atoms with Gasteiger partial charge in [0.1, 0.15) is 0 Å². The first-order valence-corrected chi connectivity index (χ1v) is 7.05. The Morgan fingerprint density at radius 2 is 2.35 bits per heavy atom. The number of rotatable bonds is 3. The standard InChI is InChI=1S/C12H18BrN3O/c1-9-6-11(17-2)15-12(14-9)16-5-3-4-10(7-13)8-16/h6,10H,3-5,7-8H2,1-2H3. The molecule has 94 valence electrons. The summed E-state index contributed by atoms with van der Waals surface area (Å²) in [6.07, 6.45) is 2.49. The molecule has 0 saturated carbocycles. The average molecular weight is 300 g/mol. The highest BCUT2D eigenvalue weighted by atomic mass is 79.9. The SMILES string of the molecule is COc1cc(C)nc(N2CCCC(CBr)C2)n1. The van der Waals surface area contributed by atoms with Crippen LogP contribution in [0, 0.1) is 12.8 Å². The van der Waals surface area contributed by atoms with E-state index in [0.29, 0.717) is 11.8 Å². The van der Waals surface area contributed by atoms with Gasteiger partial charge in [0.25, 0.3) is 0 Å². The van der Waals surface area contributed by atoms with Crippen LogP contribution in [0.4, 0.5) is 5.95 Å². The zero-order valence-electron chi connectivity index (χ0n) is 10.3. The molecular weight excluding hydrogens is 282 g/mol. The first kappa shape index (κ1) is 12.6. The lowest BCUT2D eigenvalue weighted by Gasteiger charge is -2.32. The minimum Gasteiger partial charge on any atom is -0.481 e. The summed E-state index contributed by atoms with van der Waals surface area (Å²) in [6.45, 7) is 4.04. The van der Waals surface area contributed by atoms with Gasteiger partial charge in [-0.3, -0.25) is 0 Å².